The number of rotatable bonds is 1. The van der Waals surface area contributed by atoms with Gasteiger partial charge in [-0.25, -0.2) is 0 Å². The largest absolute Gasteiger partial charge is 0.144 e. The minimum absolute atomic E-state index is 0.318. The molecule has 80 valence electrons. The van der Waals surface area contributed by atoms with Crippen LogP contribution in [0.5, 0.6) is 0 Å². The highest BCUT2D eigenvalue weighted by Gasteiger charge is 2.03. The molecule has 1 heteroatoms. The molecule has 0 radical (unpaired) electrons. The van der Waals surface area contributed by atoms with Crippen molar-refractivity contribution in [3.8, 4) is 11.8 Å². The van der Waals surface area contributed by atoms with Gasteiger partial charge in [0.25, 0.3) is 0 Å². The van der Waals surface area contributed by atoms with Crippen LogP contribution in [0.4, 0.5) is 0 Å². The molecule has 0 aliphatic carbocycles. The van der Waals surface area contributed by atoms with Gasteiger partial charge in [0.1, 0.15) is 0 Å². The minimum atomic E-state index is 0.318. The second-order valence-corrected chi connectivity index (χ2v) is 5.12. The van der Waals surface area contributed by atoms with Crippen molar-refractivity contribution in [2.45, 2.75) is 19.8 Å². The Bertz CT molecular complexity index is 511. The highest BCUT2D eigenvalue weighted by atomic mass is 32.1. The van der Waals surface area contributed by atoms with Gasteiger partial charge in [0, 0.05) is 15.3 Å². The summed E-state index contributed by atoms with van der Waals surface area (Å²) < 4.78 is 0. The van der Waals surface area contributed by atoms with Crippen LogP contribution in [0.15, 0.2) is 42.5 Å². The zero-order chi connectivity index (χ0) is 11.4. The number of aryl methyl sites for hydroxylation is 1. The van der Waals surface area contributed by atoms with Crippen LogP contribution < -0.4 is 0 Å². The van der Waals surface area contributed by atoms with Gasteiger partial charge < -0.3 is 0 Å². The summed E-state index contributed by atoms with van der Waals surface area (Å²) in [6, 6.07) is 14.5. The van der Waals surface area contributed by atoms with E-state index in [1.54, 1.807) is 0 Å². The molecule has 1 heterocycles. The molecule has 0 aliphatic heterocycles. The van der Waals surface area contributed by atoms with Crippen LogP contribution >= 0.6 is 11.3 Å². The van der Waals surface area contributed by atoms with Crippen molar-refractivity contribution in [3.05, 3.63) is 57.8 Å². The molecule has 0 saturated heterocycles. The molecule has 16 heavy (non-hydrogen) atoms. The van der Waals surface area contributed by atoms with Crippen molar-refractivity contribution in [2.24, 2.45) is 0 Å². The van der Waals surface area contributed by atoms with E-state index in [2.05, 4.69) is 37.8 Å². The van der Waals surface area contributed by atoms with Crippen molar-refractivity contribution >= 4 is 11.3 Å². The molecule has 1 aromatic carbocycles. The lowest BCUT2D eigenvalue weighted by Crippen LogP contribution is -1.84. The topological polar surface area (TPSA) is 0 Å². The summed E-state index contributed by atoms with van der Waals surface area (Å²) in [4.78, 5) is 2.70. The molecule has 0 spiro atoms. The molecule has 2 aromatic rings. The normalized spacial score (nSPS) is 11.6. The average molecular weight is 226 g/mol. The molecular formula is C15H14S. The van der Waals surface area contributed by atoms with Gasteiger partial charge in [0.2, 0.25) is 0 Å². The Labute approximate surface area is 101 Å². The summed E-state index contributed by atoms with van der Waals surface area (Å²) in [5, 5.41) is 0. The molecular weight excluding hydrogens is 212 g/mol. The van der Waals surface area contributed by atoms with Gasteiger partial charge in [-0.2, -0.15) is 0 Å². The highest BCUT2D eigenvalue weighted by molar-refractivity contribution is 7.12. The van der Waals surface area contributed by atoms with Crippen LogP contribution in [0.1, 0.15) is 28.2 Å². The number of hydrogen-bond donors (Lipinski definition) is 0. The van der Waals surface area contributed by atoms with E-state index < -0.39 is 0 Å². The SMILES string of the molecule is Cc1ccc(C(C)C#Cc2ccccc2)s1. The Balaban J connectivity index is 2.14. The predicted octanol–water partition coefficient (Wildman–Crippen LogP) is 4.21. The molecule has 0 nitrogen and oxygen atoms in total. The van der Waals surface area contributed by atoms with E-state index in [0.29, 0.717) is 5.92 Å². The maximum Gasteiger partial charge on any atom is 0.0521 e. The van der Waals surface area contributed by atoms with E-state index in [1.165, 1.54) is 9.75 Å². The van der Waals surface area contributed by atoms with Crippen LogP contribution in [-0.4, -0.2) is 0 Å². The molecule has 1 unspecified atom stereocenters. The second kappa shape index (κ2) is 5.01. The summed E-state index contributed by atoms with van der Waals surface area (Å²) in [6.07, 6.45) is 0. The fourth-order valence-electron chi connectivity index (χ4n) is 1.47. The van der Waals surface area contributed by atoms with Crippen molar-refractivity contribution < 1.29 is 0 Å². The van der Waals surface area contributed by atoms with Gasteiger partial charge in [-0.15, -0.1) is 11.3 Å². The van der Waals surface area contributed by atoms with Crippen molar-refractivity contribution in [1.82, 2.24) is 0 Å². The smallest absolute Gasteiger partial charge is 0.0521 e. The third-order valence-electron chi connectivity index (χ3n) is 2.39. The van der Waals surface area contributed by atoms with E-state index in [4.69, 9.17) is 0 Å². The van der Waals surface area contributed by atoms with E-state index in [0.717, 1.165) is 5.56 Å². The summed E-state index contributed by atoms with van der Waals surface area (Å²) in [6.45, 7) is 4.28. The maximum absolute atomic E-state index is 3.29. The lowest BCUT2D eigenvalue weighted by Gasteiger charge is -1.98. The predicted molar refractivity (Wildman–Crippen MR) is 70.8 cm³/mol. The highest BCUT2D eigenvalue weighted by Crippen LogP contribution is 2.23. The van der Waals surface area contributed by atoms with E-state index in [9.17, 15) is 0 Å². The van der Waals surface area contributed by atoms with Crippen LogP contribution in [-0.2, 0) is 0 Å². The Hall–Kier alpha value is -1.52. The lowest BCUT2D eigenvalue weighted by atomic mass is 10.1. The van der Waals surface area contributed by atoms with Crippen molar-refractivity contribution in [1.29, 1.82) is 0 Å². The second-order valence-electron chi connectivity index (χ2n) is 3.81. The number of benzene rings is 1. The molecule has 2 rings (SSSR count). The van der Waals surface area contributed by atoms with Crippen molar-refractivity contribution in [2.75, 3.05) is 0 Å². The summed E-state index contributed by atoms with van der Waals surface area (Å²) >= 11 is 1.83. The third kappa shape index (κ3) is 2.74. The van der Waals surface area contributed by atoms with Crippen LogP contribution in [0.25, 0.3) is 0 Å². The third-order valence-corrected chi connectivity index (χ3v) is 3.58. The standard InChI is InChI=1S/C15H14S/c1-12(15-11-9-13(2)16-15)8-10-14-6-4-3-5-7-14/h3-7,9,11-12H,1-2H3. The molecule has 1 aromatic heterocycles. The molecule has 0 aliphatic rings. The fourth-order valence-corrected chi connectivity index (χ4v) is 2.35. The molecule has 0 N–H and O–H groups in total. The maximum atomic E-state index is 3.29. The number of hydrogen-bond acceptors (Lipinski definition) is 1. The summed E-state index contributed by atoms with van der Waals surface area (Å²) in [5.41, 5.74) is 1.09. The van der Waals surface area contributed by atoms with Crippen molar-refractivity contribution in [3.63, 3.8) is 0 Å². The quantitative estimate of drug-likeness (QED) is 0.639. The van der Waals surface area contributed by atoms with E-state index >= 15 is 0 Å². The Morgan fingerprint density at radius 1 is 1.06 bits per heavy atom. The Morgan fingerprint density at radius 3 is 2.44 bits per heavy atom. The summed E-state index contributed by atoms with van der Waals surface area (Å²) in [5.74, 6) is 6.82. The summed E-state index contributed by atoms with van der Waals surface area (Å²) in [7, 11) is 0. The van der Waals surface area contributed by atoms with Crippen LogP contribution in [0.2, 0.25) is 0 Å². The van der Waals surface area contributed by atoms with Gasteiger partial charge in [-0.1, -0.05) is 30.0 Å². The average Bonchev–Trinajstić information content (AvgIpc) is 2.74. The van der Waals surface area contributed by atoms with E-state index in [1.807, 2.05) is 41.7 Å². The van der Waals surface area contributed by atoms with Gasteiger partial charge >= 0.3 is 0 Å². The first-order chi connectivity index (χ1) is 7.75. The first-order valence-electron chi connectivity index (χ1n) is 5.38. The Morgan fingerprint density at radius 2 is 1.81 bits per heavy atom. The Kier molecular flexibility index (Phi) is 3.44. The monoisotopic (exact) mass is 226 g/mol. The van der Waals surface area contributed by atoms with Gasteiger partial charge in [0.05, 0.1) is 5.92 Å². The molecule has 0 saturated carbocycles. The van der Waals surface area contributed by atoms with Gasteiger partial charge in [-0.05, 0) is 38.1 Å². The molecule has 0 bridgehead atoms. The number of thiophene rings is 1. The molecule has 1 atom stereocenters. The van der Waals surface area contributed by atoms with Gasteiger partial charge in [-0.3, -0.25) is 0 Å². The minimum Gasteiger partial charge on any atom is -0.144 e. The zero-order valence-corrected chi connectivity index (χ0v) is 10.3. The molecule has 0 amide bonds. The lowest BCUT2D eigenvalue weighted by molar-refractivity contribution is 1.04. The van der Waals surface area contributed by atoms with Crippen LogP contribution in [0, 0.1) is 18.8 Å². The van der Waals surface area contributed by atoms with E-state index in [-0.39, 0.29) is 0 Å². The fraction of sp³-hybridized carbons (Fsp3) is 0.200. The van der Waals surface area contributed by atoms with Crippen LogP contribution in [0.3, 0.4) is 0 Å². The first kappa shape index (κ1) is 11.0. The molecule has 0 fully saturated rings. The first-order valence-corrected chi connectivity index (χ1v) is 6.20. The van der Waals surface area contributed by atoms with Gasteiger partial charge in [0.15, 0.2) is 0 Å². The zero-order valence-electron chi connectivity index (χ0n) is 9.53.